The van der Waals surface area contributed by atoms with Crippen LogP contribution in [0.1, 0.15) is 42.5 Å². The van der Waals surface area contributed by atoms with Crippen molar-refractivity contribution in [1.29, 1.82) is 5.26 Å². The summed E-state index contributed by atoms with van der Waals surface area (Å²) in [6, 6.07) is 7.84. The monoisotopic (exact) mass is 472 g/mol. The van der Waals surface area contributed by atoms with E-state index < -0.39 is 46.1 Å². The number of hydrogen-bond donors (Lipinski definition) is 1. The van der Waals surface area contributed by atoms with Crippen molar-refractivity contribution in [2.75, 3.05) is 0 Å². The molecule has 6 rings (SSSR count). The van der Waals surface area contributed by atoms with Crippen molar-refractivity contribution < 1.29 is 22.7 Å². The van der Waals surface area contributed by atoms with Crippen LogP contribution in [0.4, 0.5) is 17.6 Å². The van der Waals surface area contributed by atoms with Crippen LogP contribution < -0.4 is 0 Å². The van der Waals surface area contributed by atoms with Gasteiger partial charge in [-0.25, -0.2) is 22.2 Å². The molecule has 176 valence electrons. The molecular formula is C23H20F4N6O. The fourth-order valence-electron chi connectivity index (χ4n) is 5.60. The van der Waals surface area contributed by atoms with Gasteiger partial charge in [-0.05, 0) is 58.9 Å². The highest BCUT2D eigenvalue weighted by Crippen LogP contribution is 2.80. The lowest BCUT2D eigenvalue weighted by Crippen LogP contribution is -2.76. The lowest BCUT2D eigenvalue weighted by molar-refractivity contribution is -0.347. The molecule has 0 amide bonds. The summed E-state index contributed by atoms with van der Waals surface area (Å²) in [5.41, 5.74) is -4.19. The van der Waals surface area contributed by atoms with Crippen LogP contribution >= 0.6 is 0 Å². The van der Waals surface area contributed by atoms with Crippen molar-refractivity contribution in [3.63, 3.8) is 0 Å². The third-order valence-corrected chi connectivity index (χ3v) is 7.30. The molecule has 2 aromatic heterocycles. The summed E-state index contributed by atoms with van der Waals surface area (Å²) in [4.78, 5) is 4.34. The Morgan fingerprint density at radius 3 is 2.50 bits per heavy atom. The number of pyridine rings is 1. The minimum absolute atomic E-state index is 0.0902. The first-order valence-corrected chi connectivity index (χ1v) is 10.7. The first kappa shape index (κ1) is 22.4. The molecule has 0 unspecified atom stereocenters. The molecule has 1 N–H and O–H groups in total. The molecule has 2 heterocycles. The minimum Gasteiger partial charge on any atom is -0.377 e. The van der Waals surface area contributed by atoms with Crippen molar-refractivity contribution >= 4 is 0 Å². The molecular weight excluding hydrogens is 452 g/mol. The number of aliphatic hydroxyl groups is 1. The Labute approximate surface area is 192 Å². The maximum absolute atomic E-state index is 16.1. The van der Waals surface area contributed by atoms with Crippen LogP contribution in [0.5, 0.6) is 0 Å². The lowest BCUT2D eigenvalue weighted by Gasteiger charge is -2.74. The highest BCUT2D eigenvalue weighted by molar-refractivity contribution is 5.42. The van der Waals surface area contributed by atoms with Gasteiger partial charge in [0.1, 0.15) is 18.0 Å². The highest BCUT2D eigenvalue weighted by Gasteiger charge is 2.82. The summed E-state index contributed by atoms with van der Waals surface area (Å²) in [5, 5.41) is 30.4. The first-order chi connectivity index (χ1) is 16.1. The predicted molar refractivity (Wildman–Crippen MR) is 109 cm³/mol. The van der Waals surface area contributed by atoms with Gasteiger partial charge < -0.3 is 5.11 Å². The Bertz CT molecular complexity index is 1240. The number of nitrogens with zero attached hydrogens (tertiary/aromatic N) is 6. The summed E-state index contributed by atoms with van der Waals surface area (Å²) in [7, 11) is 0. The zero-order chi connectivity index (χ0) is 24.2. The van der Waals surface area contributed by atoms with E-state index in [-0.39, 0.29) is 19.3 Å². The van der Waals surface area contributed by atoms with E-state index in [0.29, 0.717) is 18.9 Å². The predicted octanol–water partition coefficient (Wildman–Crippen LogP) is 3.45. The Hall–Kier alpha value is -3.39. The van der Waals surface area contributed by atoms with Crippen LogP contribution in [0.15, 0.2) is 42.9 Å². The number of rotatable bonds is 8. The molecule has 3 aliphatic carbocycles. The average Bonchev–Trinajstić information content (AvgIpc) is 3.23. The van der Waals surface area contributed by atoms with Crippen molar-refractivity contribution in [2.24, 2.45) is 5.41 Å². The van der Waals surface area contributed by atoms with Crippen LogP contribution in [0.3, 0.4) is 0 Å². The average molecular weight is 472 g/mol. The normalized spacial score (nSPS) is 25.1. The van der Waals surface area contributed by atoms with Gasteiger partial charge in [0.15, 0.2) is 5.60 Å². The number of aryl methyl sites for hydroxylation is 1. The molecule has 34 heavy (non-hydrogen) atoms. The molecule has 3 aliphatic rings. The number of hydrogen-bond acceptors (Lipinski definition) is 6. The summed E-state index contributed by atoms with van der Waals surface area (Å²) < 4.78 is 61.4. The lowest BCUT2D eigenvalue weighted by atomic mass is 9.30. The zero-order valence-electron chi connectivity index (χ0n) is 17.9. The molecule has 3 aromatic rings. The van der Waals surface area contributed by atoms with E-state index in [1.54, 1.807) is 12.3 Å². The Morgan fingerprint density at radius 1 is 1.15 bits per heavy atom. The van der Waals surface area contributed by atoms with Crippen LogP contribution in [-0.2, 0) is 24.0 Å². The molecule has 1 atom stereocenters. The van der Waals surface area contributed by atoms with Crippen molar-refractivity contribution in [3.05, 3.63) is 71.3 Å². The van der Waals surface area contributed by atoms with Gasteiger partial charge in [0.25, 0.3) is 5.92 Å². The third kappa shape index (κ3) is 3.12. The number of alkyl halides is 2. The third-order valence-electron chi connectivity index (χ3n) is 7.30. The standard InChI is InChI=1S/C23H20F4N6O/c24-16-4-6-18(19(25)8-16)22(34,13-33-14-30-31-32-33)23(26,27)21-10-20(11-21,12-21)15-3-5-17(29-9-15)2-1-7-28/h3-6,8-9,14,34H,1-2,10-13H2/t20?,21?,22-/m0/s1. The van der Waals surface area contributed by atoms with Crippen molar-refractivity contribution in [3.8, 4) is 6.07 Å². The van der Waals surface area contributed by atoms with Gasteiger partial charge in [-0.3, -0.25) is 4.98 Å². The Morgan fingerprint density at radius 2 is 1.91 bits per heavy atom. The SMILES string of the molecule is N#CCCc1ccc(C23CC(C(F)(F)[C@](O)(Cn4cnnn4)c4ccc(F)cc4F)(C2)C3)cn1. The number of halogens is 4. The topological polar surface area (TPSA) is 101 Å². The second-order valence-electron chi connectivity index (χ2n) is 9.35. The quantitative estimate of drug-likeness (QED) is 0.504. The summed E-state index contributed by atoms with van der Waals surface area (Å²) in [6.45, 7) is -0.806. The molecule has 0 aliphatic heterocycles. The van der Waals surface area contributed by atoms with Gasteiger partial charge in [0.05, 0.1) is 12.6 Å². The zero-order valence-corrected chi connectivity index (χ0v) is 17.9. The van der Waals surface area contributed by atoms with Crippen LogP contribution in [-0.4, -0.2) is 36.2 Å². The summed E-state index contributed by atoms with van der Waals surface area (Å²) >= 11 is 0. The molecule has 0 radical (unpaired) electrons. The second-order valence-corrected chi connectivity index (χ2v) is 9.35. The van der Waals surface area contributed by atoms with E-state index in [2.05, 4.69) is 26.6 Å². The van der Waals surface area contributed by atoms with E-state index in [4.69, 9.17) is 5.26 Å². The van der Waals surface area contributed by atoms with Gasteiger partial charge in [-0.1, -0.05) is 6.07 Å². The van der Waals surface area contributed by atoms with Crippen LogP contribution in [0.25, 0.3) is 0 Å². The highest BCUT2D eigenvalue weighted by atomic mass is 19.3. The van der Waals surface area contributed by atoms with Gasteiger partial charge in [-0.15, -0.1) is 5.10 Å². The summed E-state index contributed by atoms with van der Waals surface area (Å²) in [6.07, 6.45) is 3.82. The second kappa shape index (κ2) is 7.56. The number of benzene rings is 1. The smallest absolute Gasteiger partial charge is 0.287 e. The van der Waals surface area contributed by atoms with Gasteiger partial charge in [-0.2, -0.15) is 5.26 Å². The van der Waals surface area contributed by atoms with Crippen molar-refractivity contribution in [1.82, 2.24) is 25.2 Å². The van der Waals surface area contributed by atoms with Crippen molar-refractivity contribution in [2.45, 2.75) is 55.6 Å². The Balaban J connectivity index is 1.44. The van der Waals surface area contributed by atoms with Gasteiger partial charge in [0.2, 0.25) is 0 Å². The van der Waals surface area contributed by atoms with Gasteiger partial charge >= 0.3 is 0 Å². The van der Waals surface area contributed by atoms with E-state index >= 15 is 8.78 Å². The Kier molecular flexibility index (Phi) is 4.98. The molecule has 7 nitrogen and oxygen atoms in total. The molecule has 3 fully saturated rings. The van der Waals surface area contributed by atoms with E-state index in [1.165, 1.54) is 0 Å². The minimum atomic E-state index is -3.77. The summed E-state index contributed by atoms with van der Waals surface area (Å²) in [5.74, 6) is -5.98. The first-order valence-electron chi connectivity index (χ1n) is 10.7. The van der Waals surface area contributed by atoms with E-state index in [1.807, 2.05) is 6.07 Å². The largest absolute Gasteiger partial charge is 0.377 e. The van der Waals surface area contributed by atoms with Crippen LogP contribution in [0.2, 0.25) is 0 Å². The molecule has 1 aromatic carbocycles. The molecule has 0 saturated heterocycles. The molecule has 11 heteroatoms. The fraction of sp³-hybridized carbons (Fsp3) is 0.435. The van der Waals surface area contributed by atoms with Gasteiger partial charge in [0, 0.05) is 41.8 Å². The number of nitriles is 1. The fourth-order valence-corrected chi connectivity index (χ4v) is 5.60. The molecule has 2 bridgehead atoms. The maximum Gasteiger partial charge on any atom is 0.287 e. The molecule has 0 spiro atoms. The van der Waals surface area contributed by atoms with Crippen LogP contribution in [0, 0.1) is 28.4 Å². The maximum atomic E-state index is 16.1. The number of aromatic nitrogens is 5. The van der Waals surface area contributed by atoms with E-state index in [0.717, 1.165) is 34.4 Å². The molecule has 3 saturated carbocycles. The van der Waals surface area contributed by atoms with E-state index in [9.17, 15) is 13.9 Å². The number of tetrazole rings is 1.